The predicted molar refractivity (Wildman–Crippen MR) is 71.7 cm³/mol. The van der Waals surface area contributed by atoms with Gasteiger partial charge in [-0.05, 0) is 18.6 Å². The third kappa shape index (κ3) is 3.98. The van der Waals surface area contributed by atoms with Crippen molar-refractivity contribution in [1.82, 2.24) is 0 Å². The third-order valence-corrected chi connectivity index (χ3v) is 2.79. The van der Waals surface area contributed by atoms with Crippen LogP contribution in [0.3, 0.4) is 0 Å². The fraction of sp³-hybridized carbons (Fsp3) is 0.462. The van der Waals surface area contributed by atoms with Crippen molar-refractivity contribution in [1.29, 1.82) is 0 Å². The van der Waals surface area contributed by atoms with Crippen LogP contribution in [-0.4, -0.2) is 24.6 Å². The van der Waals surface area contributed by atoms with Crippen molar-refractivity contribution in [2.24, 2.45) is 10.9 Å². The zero-order valence-corrected chi connectivity index (χ0v) is 10.6. The van der Waals surface area contributed by atoms with Gasteiger partial charge in [0.2, 0.25) is 0 Å². The van der Waals surface area contributed by atoms with Gasteiger partial charge in [0.05, 0.1) is 0 Å². The average molecular weight is 235 g/mol. The fourth-order valence-electron chi connectivity index (χ4n) is 1.69. The number of benzene rings is 1. The lowest BCUT2D eigenvalue weighted by atomic mass is 10.1. The Balaban J connectivity index is 2.70. The number of hydrogen-bond donors (Lipinski definition) is 2. The van der Waals surface area contributed by atoms with E-state index in [0.29, 0.717) is 0 Å². The Morgan fingerprint density at radius 2 is 2.18 bits per heavy atom. The Bertz CT molecular complexity index is 377. The molecule has 0 aromatic heterocycles. The van der Waals surface area contributed by atoms with Crippen LogP contribution in [0.5, 0.6) is 0 Å². The molecular weight excluding hydrogens is 214 g/mol. The van der Waals surface area contributed by atoms with Crippen LogP contribution in [-0.2, 0) is 0 Å². The maximum Gasteiger partial charge on any atom is 0.170 e. The summed E-state index contributed by atoms with van der Waals surface area (Å²) in [7, 11) is 2.06. The number of nitrogens with two attached hydrogens (primary N) is 1. The number of amidine groups is 1. The summed E-state index contributed by atoms with van der Waals surface area (Å²) < 4.78 is 0. The molecule has 0 aliphatic rings. The third-order valence-electron chi connectivity index (χ3n) is 2.79. The lowest BCUT2D eigenvalue weighted by Crippen LogP contribution is -2.19. The van der Waals surface area contributed by atoms with Gasteiger partial charge in [0.25, 0.3) is 0 Å². The van der Waals surface area contributed by atoms with E-state index >= 15 is 0 Å². The van der Waals surface area contributed by atoms with Crippen molar-refractivity contribution in [3.8, 4) is 0 Å². The first kappa shape index (κ1) is 13.4. The van der Waals surface area contributed by atoms with Gasteiger partial charge in [-0.2, -0.15) is 0 Å². The topological polar surface area (TPSA) is 61.8 Å². The van der Waals surface area contributed by atoms with E-state index in [2.05, 4.69) is 24.0 Å². The van der Waals surface area contributed by atoms with E-state index in [1.54, 1.807) is 0 Å². The smallest absolute Gasteiger partial charge is 0.170 e. The second-order valence-corrected chi connectivity index (χ2v) is 4.16. The van der Waals surface area contributed by atoms with E-state index in [4.69, 9.17) is 10.9 Å². The summed E-state index contributed by atoms with van der Waals surface area (Å²) in [6.45, 7) is 3.21. The highest BCUT2D eigenvalue weighted by molar-refractivity contribution is 5.97. The molecule has 4 heteroatoms. The Morgan fingerprint density at radius 1 is 1.41 bits per heavy atom. The Labute approximate surface area is 103 Å². The molecule has 0 heterocycles. The summed E-state index contributed by atoms with van der Waals surface area (Å²) in [6, 6.07) is 7.71. The molecule has 1 aromatic rings. The molecule has 0 amide bonds. The zero-order valence-electron chi connectivity index (χ0n) is 10.6. The molecule has 17 heavy (non-hydrogen) atoms. The number of anilines is 1. The number of rotatable bonds is 6. The summed E-state index contributed by atoms with van der Waals surface area (Å²) in [6.07, 6.45) is 3.64. The molecule has 3 N–H and O–H groups in total. The molecule has 1 aromatic carbocycles. The van der Waals surface area contributed by atoms with Crippen LogP contribution in [0.2, 0.25) is 0 Å². The van der Waals surface area contributed by atoms with Gasteiger partial charge in [-0.15, -0.1) is 0 Å². The molecule has 0 aliphatic heterocycles. The van der Waals surface area contributed by atoms with Gasteiger partial charge in [-0.1, -0.05) is 37.1 Å². The van der Waals surface area contributed by atoms with Gasteiger partial charge < -0.3 is 15.8 Å². The van der Waals surface area contributed by atoms with Crippen LogP contribution in [0.4, 0.5) is 5.69 Å². The summed E-state index contributed by atoms with van der Waals surface area (Å²) in [4.78, 5) is 2.18. The highest BCUT2D eigenvalue weighted by atomic mass is 16.4. The zero-order chi connectivity index (χ0) is 12.7. The van der Waals surface area contributed by atoms with E-state index in [1.165, 1.54) is 19.3 Å². The van der Waals surface area contributed by atoms with Crippen molar-refractivity contribution < 1.29 is 5.21 Å². The maximum atomic E-state index is 8.64. The fourth-order valence-corrected chi connectivity index (χ4v) is 1.69. The molecule has 0 fully saturated rings. The molecule has 0 atom stereocenters. The minimum atomic E-state index is 0.147. The van der Waals surface area contributed by atoms with Crippen LogP contribution in [0.15, 0.2) is 29.4 Å². The Hall–Kier alpha value is -1.71. The van der Waals surface area contributed by atoms with E-state index < -0.39 is 0 Å². The first-order valence-electron chi connectivity index (χ1n) is 5.98. The van der Waals surface area contributed by atoms with Crippen molar-refractivity contribution >= 4 is 11.5 Å². The molecule has 94 valence electrons. The number of hydrogen-bond acceptors (Lipinski definition) is 3. The lowest BCUT2D eigenvalue weighted by molar-refractivity contribution is 0.318. The van der Waals surface area contributed by atoms with Crippen molar-refractivity contribution in [3.05, 3.63) is 29.8 Å². The van der Waals surface area contributed by atoms with Gasteiger partial charge in [0, 0.05) is 24.8 Å². The SMILES string of the molecule is CCCCCN(C)c1cccc(C(N)=NO)c1. The van der Waals surface area contributed by atoms with Crippen LogP contribution >= 0.6 is 0 Å². The quantitative estimate of drug-likeness (QED) is 0.262. The Kier molecular flexibility index (Phi) is 5.33. The van der Waals surface area contributed by atoms with Crippen LogP contribution in [0, 0.1) is 0 Å². The van der Waals surface area contributed by atoms with Gasteiger partial charge in [0.1, 0.15) is 0 Å². The van der Waals surface area contributed by atoms with Gasteiger partial charge in [-0.3, -0.25) is 0 Å². The standard InChI is InChI=1S/C13H21N3O/c1-3-4-5-9-16(2)12-8-6-7-11(10-12)13(14)15-17/h6-8,10,17H,3-5,9H2,1-2H3,(H2,14,15). The van der Waals surface area contributed by atoms with E-state index in [9.17, 15) is 0 Å². The predicted octanol–water partition coefficient (Wildman–Crippen LogP) is 2.41. The Morgan fingerprint density at radius 3 is 2.82 bits per heavy atom. The van der Waals surface area contributed by atoms with Crippen molar-refractivity contribution in [3.63, 3.8) is 0 Å². The molecule has 0 saturated heterocycles. The average Bonchev–Trinajstić information content (AvgIpc) is 2.38. The van der Waals surface area contributed by atoms with Crippen LogP contribution < -0.4 is 10.6 Å². The summed E-state index contributed by atoms with van der Waals surface area (Å²) in [5.41, 5.74) is 7.40. The monoisotopic (exact) mass is 235 g/mol. The summed E-state index contributed by atoms with van der Waals surface area (Å²) in [5.74, 6) is 0.147. The largest absolute Gasteiger partial charge is 0.409 e. The summed E-state index contributed by atoms with van der Waals surface area (Å²) >= 11 is 0. The molecule has 0 aliphatic carbocycles. The highest BCUT2D eigenvalue weighted by Gasteiger charge is 2.04. The number of oxime groups is 1. The van der Waals surface area contributed by atoms with Gasteiger partial charge >= 0.3 is 0 Å². The first-order valence-corrected chi connectivity index (χ1v) is 5.98. The van der Waals surface area contributed by atoms with Crippen molar-refractivity contribution in [2.75, 3.05) is 18.5 Å². The molecule has 4 nitrogen and oxygen atoms in total. The number of unbranched alkanes of at least 4 members (excludes halogenated alkanes) is 2. The molecule has 0 radical (unpaired) electrons. The minimum absolute atomic E-state index is 0.147. The molecular formula is C13H21N3O. The minimum Gasteiger partial charge on any atom is -0.409 e. The van der Waals surface area contributed by atoms with Crippen LogP contribution in [0.25, 0.3) is 0 Å². The van der Waals surface area contributed by atoms with Crippen LogP contribution in [0.1, 0.15) is 31.7 Å². The second-order valence-electron chi connectivity index (χ2n) is 4.16. The van der Waals surface area contributed by atoms with E-state index in [-0.39, 0.29) is 5.84 Å². The molecule has 0 saturated carbocycles. The normalized spacial score (nSPS) is 11.5. The molecule has 0 spiro atoms. The summed E-state index contributed by atoms with van der Waals surface area (Å²) in [5, 5.41) is 11.7. The van der Waals surface area contributed by atoms with Gasteiger partial charge in [0.15, 0.2) is 5.84 Å². The maximum absolute atomic E-state index is 8.64. The van der Waals surface area contributed by atoms with E-state index in [0.717, 1.165) is 17.8 Å². The first-order chi connectivity index (χ1) is 8.19. The lowest BCUT2D eigenvalue weighted by Gasteiger charge is -2.19. The molecule has 1 rings (SSSR count). The highest BCUT2D eigenvalue weighted by Crippen LogP contribution is 2.15. The van der Waals surface area contributed by atoms with Crippen molar-refractivity contribution in [2.45, 2.75) is 26.2 Å². The van der Waals surface area contributed by atoms with Gasteiger partial charge in [-0.25, -0.2) is 0 Å². The van der Waals surface area contributed by atoms with E-state index in [1.807, 2.05) is 24.3 Å². The second kappa shape index (κ2) is 6.78. The molecule has 0 unspecified atom stereocenters. The molecule has 0 bridgehead atoms. The number of nitrogens with zero attached hydrogens (tertiary/aromatic N) is 2.